The molecule has 0 aromatic carbocycles. The van der Waals surface area contributed by atoms with Gasteiger partial charge in [0, 0.05) is 0 Å². The van der Waals surface area contributed by atoms with E-state index in [0.717, 1.165) is 12.0 Å². The van der Waals surface area contributed by atoms with E-state index in [9.17, 15) is 5.11 Å². The minimum Gasteiger partial charge on any atom is -0.382 e. The molecule has 3 rings (SSSR count). The van der Waals surface area contributed by atoms with Gasteiger partial charge in [-0.1, -0.05) is 32.1 Å². The van der Waals surface area contributed by atoms with Gasteiger partial charge in [-0.15, -0.1) is 0 Å². The largest absolute Gasteiger partial charge is 0.382 e. The van der Waals surface area contributed by atoms with Crippen LogP contribution in [0.15, 0.2) is 23.8 Å². The predicted octanol–water partition coefficient (Wildman–Crippen LogP) is 2.83. The van der Waals surface area contributed by atoms with Crippen LogP contribution in [0.5, 0.6) is 0 Å². The molecular weight excluding hydrogens is 212 g/mol. The zero-order valence-corrected chi connectivity index (χ0v) is 10.8. The van der Waals surface area contributed by atoms with Crippen molar-refractivity contribution in [2.24, 2.45) is 11.3 Å². The maximum absolute atomic E-state index is 10.8. The van der Waals surface area contributed by atoms with Crippen LogP contribution < -0.4 is 0 Å². The number of allylic oxidation sites excluding steroid dienone is 1. The quantitative estimate of drug-likeness (QED) is 0.653. The third-order valence-corrected chi connectivity index (χ3v) is 5.41. The SMILES string of the molecule is C=C1COC2C=C3CCCC(C)C3(C)CC12O. The van der Waals surface area contributed by atoms with Crippen molar-refractivity contribution in [1.82, 2.24) is 0 Å². The van der Waals surface area contributed by atoms with Crippen molar-refractivity contribution in [3.05, 3.63) is 23.8 Å². The van der Waals surface area contributed by atoms with Crippen LogP contribution in [0.1, 0.15) is 39.5 Å². The molecular formula is C15H22O2. The van der Waals surface area contributed by atoms with E-state index in [4.69, 9.17) is 4.74 Å². The lowest BCUT2D eigenvalue weighted by atomic mass is 9.56. The monoisotopic (exact) mass is 234 g/mol. The van der Waals surface area contributed by atoms with E-state index in [1.807, 2.05) is 0 Å². The fraction of sp³-hybridized carbons (Fsp3) is 0.733. The first kappa shape index (κ1) is 11.5. The summed E-state index contributed by atoms with van der Waals surface area (Å²) >= 11 is 0. The Bertz CT molecular complexity index is 398. The van der Waals surface area contributed by atoms with Crippen molar-refractivity contribution in [2.45, 2.75) is 51.2 Å². The Morgan fingerprint density at radius 2 is 2.29 bits per heavy atom. The molecule has 4 unspecified atom stereocenters. The van der Waals surface area contributed by atoms with Gasteiger partial charge in [0.25, 0.3) is 0 Å². The topological polar surface area (TPSA) is 29.5 Å². The molecule has 2 fully saturated rings. The van der Waals surface area contributed by atoms with Crippen LogP contribution in [0.25, 0.3) is 0 Å². The highest BCUT2D eigenvalue weighted by molar-refractivity contribution is 5.35. The second kappa shape index (κ2) is 3.46. The van der Waals surface area contributed by atoms with Crippen molar-refractivity contribution in [2.75, 3.05) is 6.61 Å². The number of rotatable bonds is 0. The summed E-state index contributed by atoms with van der Waals surface area (Å²) in [6, 6.07) is 0. The van der Waals surface area contributed by atoms with Gasteiger partial charge < -0.3 is 9.84 Å². The van der Waals surface area contributed by atoms with Gasteiger partial charge in [0.15, 0.2) is 0 Å². The third-order valence-electron chi connectivity index (χ3n) is 5.41. The summed E-state index contributed by atoms with van der Waals surface area (Å²) in [5.41, 5.74) is 1.68. The lowest BCUT2D eigenvalue weighted by Gasteiger charge is -2.50. The van der Waals surface area contributed by atoms with Crippen molar-refractivity contribution >= 4 is 0 Å². The van der Waals surface area contributed by atoms with E-state index in [0.29, 0.717) is 12.5 Å². The second-order valence-electron chi connectivity index (χ2n) is 6.34. The summed E-state index contributed by atoms with van der Waals surface area (Å²) in [5, 5.41) is 10.8. The predicted molar refractivity (Wildman–Crippen MR) is 67.7 cm³/mol. The molecule has 1 saturated heterocycles. The zero-order valence-electron chi connectivity index (χ0n) is 10.8. The first-order chi connectivity index (χ1) is 7.97. The number of hydrogen-bond donors (Lipinski definition) is 1. The van der Waals surface area contributed by atoms with Gasteiger partial charge in [-0.25, -0.2) is 0 Å². The molecule has 1 aliphatic heterocycles. The highest BCUT2D eigenvalue weighted by atomic mass is 16.5. The molecule has 1 saturated carbocycles. The summed E-state index contributed by atoms with van der Waals surface area (Å²) < 4.78 is 5.68. The first-order valence-electron chi connectivity index (χ1n) is 6.70. The van der Waals surface area contributed by atoms with Crippen LogP contribution in [0.2, 0.25) is 0 Å². The fourth-order valence-electron chi connectivity index (χ4n) is 3.89. The fourth-order valence-corrected chi connectivity index (χ4v) is 3.89. The summed E-state index contributed by atoms with van der Waals surface area (Å²) in [6.07, 6.45) is 6.54. The van der Waals surface area contributed by atoms with E-state index in [1.165, 1.54) is 24.8 Å². The Labute approximate surface area is 103 Å². The molecule has 94 valence electrons. The molecule has 1 heterocycles. The summed E-state index contributed by atoms with van der Waals surface area (Å²) in [5.74, 6) is 0.640. The normalized spacial score (nSPS) is 49.6. The molecule has 0 radical (unpaired) electrons. The van der Waals surface area contributed by atoms with Crippen LogP contribution in [-0.4, -0.2) is 23.4 Å². The van der Waals surface area contributed by atoms with Crippen LogP contribution in [0.4, 0.5) is 0 Å². The van der Waals surface area contributed by atoms with Crippen LogP contribution in [0.3, 0.4) is 0 Å². The number of fused-ring (bicyclic) bond motifs is 2. The number of hydrogen-bond acceptors (Lipinski definition) is 2. The molecule has 0 spiro atoms. The van der Waals surface area contributed by atoms with Crippen molar-refractivity contribution < 1.29 is 9.84 Å². The summed E-state index contributed by atoms with van der Waals surface area (Å²) in [6.45, 7) is 9.13. The van der Waals surface area contributed by atoms with E-state index < -0.39 is 5.60 Å². The molecule has 0 bridgehead atoms. The van der Waals surface area contributed by atoms with E-state index in [1.54, 1.807) is 0 Å². The van der Waals surface area contributed by atoms with Crippen molar-refractivity contribution in [3.63, 3.8) is 0 Å². The van der Waals surface area contributed by atoms with Gasteiger partial charge in [-0.3, -0.25) is 0 Å². The van der Waals surface area contributed by atoms with Crippen LogP contribution in [0, 0.1) is 11.3 Å². The van der Waals surface area contributed by atoms with Gasteiger partial charge in [-0.2, -0.15) is 0 Å². The Morgan fingerprint density at radius 1 is 1.53 bits per heavy atom. The standard InChI is InChI=1S/C15H22O2/c1-10-5-4-6-12-7-13-15(16,9-14(10,12)3)11(2)8-17-13/h7,10,13,16H,2,4-6,8-9H2,1,3H3. The van der Waals surface area contributed by atoms with Gasteiger partial charge in [-0.05, 0) is 42.6 Å². The first-order valence-corrected chi connectivity index (χ1v) is 6.70. The van der Waals surface area contributed by atoms with Crippen molar-refractivity contribution in [3.8, 4) is 0 Å². The summed E-state index contributed by atoms with van der Waals surface area (Å²) in [4.78, 5) is 0. The smallest absolute Gasteiger partial charge is 0.118 e. The molecule has 0 aromatic rings. The lowest BCUT2D eigenvalue weighted by molar-refractivity contribution is -0.0510. The number of aliphatic hydroxyl groups is 1. The van der Waals surface area contributed by atoms with Gasteiger partial charge in [0.05, 0.1) is 6.61 Å². The average molecular weight is 234 g/mol. The maximum Gasteiger partial charge on any atom is 0.118 e. The Kier molecular flexibility index (Phi) is 2.34. The molecule has 2 nitrogen and oxygen atoms in total. The molecule has 1 N–H and O–H groups in total. The van der Waals surface area contributed by atoms with E-state index >= 15 is 0 Å². The molecule has 0 aromatic heterocycles. The molecule has 4 atom stereocenters. The minimum absolute atomic E-state index is 0.139. The van der Waals surface area contributed by atoms with Crippen LogP contribution in [-0.2, 0) is 4.74 Å². The highest BCUT2D eigenvalue weighted by Crippen LogP contribution is 2.56. The Hall–Kier alpha value is -0.600. The summed E-state index contributed by atoms with van der Waals surface area (Å²) in [7, 11) is 0. The highest BCUT2D eigenvalue weighted by Gasteiger charge is 2.55. The van der Waals surface area contributed by atoms with Gasteiger partial charge in [0.2, 0.25) is 0 Å². The van der Waals surface area contributed by atoms with Crippen molar-refractivity contribution in [1.29, 1.82) is 0 Å². The Balaban J connectivity index is 2.05. The molecule has 0 amide bonds. The van der Waals surface area contributed by atoms with Crippen LogP contribution >= 0.6 is 0 Å². The average Bonchev–Trinajstić information content (AvgIpc) is 2.54. The van der Waals surface area contributed by atoms with E-state index in [-0.39, 0.29) is 11.5 Å². The second-order valence-corrected chi connectivity index (χ2v) is 6.34. The number of ether oxygens (including phenoxy) is 1. The molecule has 3 aliphatic rings. The molecule has 17 heavy (non-hydrogen) atoms. The Morgan fingerprint density at radius 3 is 3.06 bits per heavy atom. The van der Waals surface area contributed by atoms with Gasteiger partial charge in [0.1, 0.15) is 11.7 Å². The molecule has 2 aliphatic carbocycles. The lowest BCUT2D eigenvalue weighted by Crippen LogP contribution is -2.50. The molecule has 2 heteroatoms. The van der Waals surface area contributed by atoms with E-state index in [2.05, 4.69) is 26.5 Å². The zero-order chi connectivity index (χ0) is 12.3. The maximum atomic E-state index is 10.8. The van der Waals surface area contributed by atoms with Gasteiger partial charge >= 0.3 is 0 Å². The minimum atomic E-state index is -0.816. The third kappa shape index (κ3) is 1.40.